The van der Waals surface area contributed by atoms with Gasteiger partial charge in [-0.2, -0.15) is 0 Å². The summed E-state index contributed by atoms with van der Waals surface area (Å²) >= 11 is 3.12. The summed E-state index contributed by atoms with van der Waals surface area (Å²) in [5.74, 6) is 0.463. The van der Waals surface area contributed by atoms with Crippen LogP contribution in [0.4, 0.5) is 0 Å². The van der Waals surface area contributed by atoms with Gasteiger partial charge in [-0.3, -0.25) is 9.59 Å². The number of rotatable bonds is 16. The van der Waals surface area contributed by atoms with E-state index < -0.39 is 36.6 Å². The Morgan fingerprint density at radius 1 is 0.574 bits per heavy atom. The second-order valence-electron chi connectivity index (χ2n) is 17.7. The lowest BCUT2D eigenvalue weighted by atomic mass is 9.88. The summed E-state index contributed by atoms with van der Waals surface area (Å²) in [5.41, 5.74) is 0.592. The molecule has 0 radical (unpaired) electrons. The Hall–Kier alpha value is -2.21. The van der Waals surface area contributed by atoms with E-state index in [0.29, 0.717) is 36.1 Å². The molecule has 4 aliphatic heterocycles. The molecular formula is C42H62B2N2O6S2. The molecular weight excluding hydrogens is 714 g/mol. The van der Waals surface area contributed by atoms with Crippen LogP contribution in [0.1, 0.15) is 144 Å². The predicted molar refractivity (Wildman–Crippen MR) is 224 cm³/mol. The molecule has 12 heteroatoms. The molecule has 294 valence electrons. The lowest BCUT2D eigenvalue weighted by molar-refractivity contribution is -0.124. The molecule has 0 saturated carbocycles. The van der Waals surface area contributed by atoms with Crippen LogP contribution in [0.15, 0.2) is 35.4 Å². The molecule has 0 aromatic carbocycles. The fraction of sp³-hybridized carbons (Fsp3) is 0.667. The fourth-order valence-corrected chi connectivity index (χ4v) is 9.79. The molecule has 0 N–H and O–H groups in total. The second kappa shape index (κ2) is 15.6. The van der Waals surface area contributed by atoms with Crippen LogP contribution in [0.2, 0.25) is 0 Å². The normalized spacial score (nSPS) is 22.7. The maximum atomic E-state index is 15.1. The molecule has 0 spiro atoms. The Balaban J connectivity index is 1.48. The zero-order valence-electron chi connectivity index (χ0n) is 34.9. The topological polar surface area (TPSA) is 77.5 Å². The third-order valence-corrected chi connectivity index (χ3v) is 15.1. The van der Waals surface area contributed by atoms with Crippen molar-refractivity contribution >= 4 is 69.7 Å². The quantitative estimate of drug-likeness (QED) is 0.159. The second-order valence-corrected chi connectivity index (χ2v) is 19.9. The molecule has 0 aliphatic carbocycles. The highest BCUT2D eigenvalue weighted by Crippen LogP contribution is 2.49. The van der Waals surface area contributed by atoms with Crippen LogP contribution in [0.25, 0.3) is 11.4 Å². The van der Waals surface area contributed by atoms with Crippen LogP contribution in [0, 0.1) is 11.8 Å². The monoisotopic (exact) mass is 776 g/mol. The summed E-state index contributed by atoms with van der Waals surface area (Å²) in [6.07, 6.45) is 8.39. The van der Waals surface area contributed by atoms with Gasteiger partial charge in [0, 0.05) is 22.6 Å². The number of unbranched alkanes of at least 4 members (excludes halogenated alkanes) is 2. The number of thiophene rings is 2. The van der Waals surface area contributed by atoms with Gasteiger partial charge < -0.3 is 28.4 Å². The zero-order valence-corrected chi connectivity index (χ0v) is 36.5. The van der Waals surface area contributed by atoms with E-state index in [4.69, 9.17) is 18.6 Å². The lowest BCUT2D eigenvalue weighted by Crippen LogP contribution is -2.41. The van der Waals surface area contributed by atoms with E-state index in [-0.39, 0.29) is 11.8 Å². The molecule has 4 aliphatic rings. The number of amides is 2. The van der Waals surface area contributed by atoms with Crippen molar-refractivity contribution in [3.05, 3.63) is 45.2 Å². The predicted octanol–water partition coefficient (Wildman–Crippen LogP) is 8.65. The van der Waals surface area contributed by atoms with Crippen LogP contribution < -0.4 is 9.55 Å². The van der Waals surface area contributed by atoms with Gasteiger partial charge in [-0.05, 0) is 92.2 Å². The third-order valence-electron chi connectivity index (χ3n) is 12.8. The van der Waals surface area contributed by atoms with Crippen LogP contribution in [-0.2, 0) is 28.2 Å². The average molecular weight is 777 g/mol. The highest BCUT2D eigenvalue weighted by Gasteiger charge is 2.55. The molecule has 54 heavy (non-hydrogen) atoms. The molecule has 2 unspecified atom stereocenters. The average Bonchev–Trinajstić information content (AvgIpc) is 3.94. The first-order chi connectivity index (χ1) is 25.4. The van der Waals surface area contributed by atoms with E-state index >= 15 is 9.59 Å². The van der Waals surface area contributed by atoms with Gasteiger partial charge >= 0.3 is 14.2 Å². The minimum Gasteiger partial charge on any atom is -0.399 e. The maximum absolute atomic E-state index is 15.1. The number of fused-ring (bicyclic) bond motifs is 1. The first kappa shape index (κ1) is 41.4. The highest BCUT2D eigenvalue weighted by atomic mass is 32.1. The maximum Gasteiger partial charge on any atom is 0.505 e. The largest absolute Gasteiger partial charge is 0.505 e. The summed E-state index contributed by atoms with van der Waals surface area (Å²) in [4.78, 5) is 35.9. The van der Waals surface area contributed by atoms with Crippen molar-refractivity contribution in [1.82, 2.24) is 9.80 Å². The van der Waals surface area contributed by atoms with Crippen molar-refractivity contribution in [3.8, 4) is 0 Å². The minimum atomic E-state index is -0.525. The molecule has 6 heterocycles. The van der Waals surface area contributed by atoms with Crippen molar-refractivity contribution in [1.29, 1.82) is 0 Å². The minimum absolute atomic E-state index is 0.0847. The van der Waals surface area contributed by atoms with E-state index in [2.05, 4.69) is 95.2 Å². The molecule has 2 saturated heterocycles. The third kappa shape index (κ3) is 7.49. The van der Waals surface area contributed by atoms with Gasteiger partial charge in [0.05, 0.1) is 54.7 Å². The summed E-state index contributed by atoms with van der Waals surface area (Å²) < 4.78 is 27.6. The van der Waals surface area contributed by atoms with E-state index in [1.807, 2.05) is 21.9 Å². The number of hydrogen-bond donors (Lipinski definition) is 0. The van der Waals surface area contributed by atoms with Crippen molar-refractivity contribution < 1.29 is 28.2 Å². The molecule has 2 amide bonds. The smallest absolute Gasteiger partial charge is 0.399 e. The van der Waals surface area contributed by atoms with Crippen molar-refractivity contribution in [2.75, 3.05) is 13.1 Å². The van der Waals surface area contributed by atoms with Crippen LogP contribution >= 0.6 is 22.7 Å². The van der Waals surface area contributed by atoms with E-state index in [9.17, 15) is 0 Å². The Labute approximate surface area is 333 Å². The summed E-state index contributed by atoms with van der Waals surface area (Å²) in [5, 5.41) is 0. The van der Waals surface area contributed by atoms with Gasteiger partial charge in [0.15, 0.2) is 0 Å². The molecule has 2 aromatic heterocycles. The first-order valence-electron chi connectivity index (χ1n) is 20.4. The number of nitrogens with zero attached hydrogens (tertiary/aromatic N) is 2. The molecule has 2 aromatic rings. The van der Waals surface area contributed by atoms with Crippen LogP contribution in [0.3, 0.4) is 0 Å². The van der Waals surface area contributed by atoms with Gasteiger partial charge in [-0.15, -0.1) is 22.7 Å². The Kier molecular flexibility index (Phi) is 12.0. The van der Waals surface area contributed by atoms with Crippen LogP contribution in [-0.4, -0.2) is 71.3 Å². The molecule has 6 rings (SSSR count). The van der Waals surface area contributed by atoms with Crippen molar-refractivity contribution in [2.45, 2.75) is 157 Å². The highest BCUT2D eigenvalue weighted by molar-refractivity contribution is 7.23. The Morgan fingerprint density at radius 3 is 1.20 bits per heavy atom. The molecule has 2 fully saturated rings. The van der Waals surface area contributed by atoms with Gasteiger partial charge in [0.1, 0.15) is 0 Å². The standard InChI is InChI=1S/C42H62B2N2O6S2/c1-13-17-19-27(15-3)25-45-35(29-21-23-31(53-29)43-49-39(5,6)40(7,8)50-43)33-34(37(45)47)36(46(38(33)48)26-28(16-4)20-18-14-2)30-22-24-32(54-30)44-51-41(9,10)42(11,12)52-44/h21-24,27-28H,13-20,25-26H2,1-12H3. The van der Waals surface area contributed by atoms with E-state index in [0.717, 1.165) is 82.1 Å². The van der Waals surface area contributed by atoms with Crippen molar-refractivity contribution in [2.24, 2.45) is 11.8 Å². The van der Waals surface area contributed by atoms with Gasteiger partial charge in [0.2, 0.25) is 0 Å². The Bertz CT molecular complexity index is 1630. The SMILES string of the molecule is CCCCC(CC)CN1C(=O)C2=C(c3ccc(B4OC(C)(C)C(C)(C)O4)s3)N(CC(CC)CCCC)C(=O)C2=C1c1ccc(B2OC(C)(C)C(C)(C)O2)s1. The number of carbonyl (C=O) groups is 2. The summed E-state index contributed by atoms with van der Waals surface area (Å²) in [6, 6.07) is 8.19. The first-order valence-corrected chi connectivity index (χ1v) is 22.1. The Morgan fingerprint density at radius 2 is 0.907 bits per heavy atom. The summed E-state index contributed by atoms with van der Waals surface area (Å²) in [7, 11) is -1.05. The molecule has 0 bridgehead atoms. The van der Waals surface area contributed by atoms with E-state index in [1.165, 1.54) is 0 Å². The summed E-state index contributed by atoms with van der Waals surface area (Å²) in [6.45, 7) is 26.4. The zero-order chi connectivity index (χ0) is 39.4. The lowest BCUT2D eigenvalue weighted by Gasteiger charge is -2.32. The molecule has 8 nitrogen and oxygen atoms in total. The fourth-order valence-electron chi connectivity index (χ4n) is 7.74. The van der Waals surface area contributed by atoms with Gasteiger partial charge in [-0.1, -0.05) is 78.4 Å². The van der Waals surface area contributed by atoms with Crippen LogP contribution in [0.5, 0.6) is 0 Å². The molecule has 2 atom stereocenters. The van der Waals surface area contributed by atoms with E-state index in [1.54, 1.807) is 22.7 Å². The van der Waals surface area contributed by atoms with Gasteiger partial charge in [-0.25, -0.2) is 0 Å². The van der Waals surface area contributed by atoms with Gasteiger partial charge in [0.25, 0.3) is 11.8 Å². The number of hydrogen-bond acceptors (Lipinski definition) is 8. The van der Waals surface area contributed by atoms with Crippen molar-refractivity contribution in [3.63, 3.8) is 0 Å². The number of carbonyl (C=O) groups excluding carboxylic acids is 2.